The highest BCUT2D eigenvalue weighted by atomic mass is 16.1. The maximum Gasteiger partial charge on any atom is 0.166 e. The fourth-order valence-corrected chi connectivity index (χ4v) is 2.09. The summed E-state index contributed by atoms with van der Waals surface area (Å²) in [7, 11) is 0. The van der Waals surface area contributed by atoms with Gasteiger partial charge in [-0.15, -0.1) is 0 Å². The number of nitrogens with one attached hydrogen (secondary N) is 1. The van der Waals surface area contributed by atoms with Gasteiger partial charge in [-0.25, -0.2) is 4.98 Å². The number of hydrogen-bond donors (Lipinski definition) is 1. The Bertz CT molecular complexity index is 667. The standard InChI is InChI=1S/C14H13N3O/c18-14(5-7-17-8-6-15-10-17)12-9-16-13-4-2-1-3-11(12)13/h1-4,6,8-10,16H,5,7H2. The largest absolute Gasteiger partial charge is 0.360 e. The summed E-state index contributed by atoms with van der Waals surface area (Å²) in [6.45, 7) is 0.665. The van der Waals surface area contributed by atoms with Crippen LogP contribution in [0.5, 0.6) is 0 Å². The van der Waals surface area contributed by atoms with Crippen LogP contribution in [0.25, 0.3) is 10.9 Å². The second-order valence-electron chi connectivity index (χ2n) is 4.22. The van der Waals surface area contributed by atoms with E-state index < -0.39 is 0 Å². The first kappa shape index (κ1) is 10.8. The molecule has 4 nitrogen and oxygen atoms in total. The van der Waals surface area contributed by atoms with E-state index in [1.807, 2.05) is 35.0 Å². The van der Waals surface area contributed by atoms with E-state index in [0.717, 1.165) is 16.5 Å². The number of aromatic amines is 1. The summed E-state index contributed by atoms with van der Waals surface area (Å²) < 4.78 is 1.91. The number of para-hydroxylation sites is 1. The fourth-order valence-electron chi connectivity index (χ4n) is 2.09. The van der Waals surface area contributed by atoms with Gasteiger partial charge in [0.2, 0.25) is 0 Å². The molecule has 0 aliphatic rings. The summed E-state index contributed by atoms with van der Waals surface area (Å²) in [5.41, 5.74) is 1.77. The van der Waals surface area contributed by atoms with E-state index in [2.05, 4.69) is 9.97 Å². The summed E-state index contributed by atoms with van der Waals surface area (Å²) in [6.07, 6.45) is 7.58. The van der Waals surface area contributed by atoms with Crippen LogP contribution in [-0.2, 0) is 6.54 Å². The Balaban J connectivity index is 1.80. The molecule has 18 heavy (non-hydrogen) atoms. The maximum absolute atomic E-state index is 12.2. The lowest BCUT2D eigenvalue weighted by atomic mass is 10.1. The summed E-state index contributed by atoms with van der Waals surface area (Å²) >= 11 is 0. The van der Waals surface area contributed by atoms with Crippen LogP contribution in [0, 0.1) is 0 Å². The van der Waals surface area contributed by atoms with Crippen molar-refractivity contribution < 1.29 is 4.79 Å². The molecule has 0 atom stereocenters. The van der Waals surface area contributed by atoms with Crippen molar-refractivity contribution >= 4 is 16.7 Å². The second-order valence-corrected chi connectivity index (χ2v) is 4.22. The zero-order valence-electron chi connectivity index (χ0n) is 9.84. The molecule has 90 valence electrons. The summed E-state index contributed by atoms with van der Waals surface area (Å²) in [4.78, 5) is 19.2. The molecule has 1 aromatic carbocycles. The maximum atomic E-state index is 12.2. The summed E-state index contributed by atoms with van der Waals surface area (Å²) in [5, 5.41) is 0.994. The van der Waals surface area contributed by atoms with Gasteiger partial charge in [0.05, 0.1) is 6.33 Å². The molecule has 0 aliphatic heterocycles. The van der Waals surface area contributed by atoms with Crippen molar-refractivity contribution in [2.24, 2.45) is 0 Å². The van der Waals surface area contributed by atoms with E-state index >= 15 is 0 Å². The number of aryl methyl sites for hydroxylation is 1. The number of carbonyl (C=O) groups is 1. The smallest absolute Gasteiger partial charge is 0.166 e. The van der Waals surface area contributed by atoms with Crippen LogP contribution in [0.15, 0.2) is 49.2 Å². The van der Waals surface area contributed by atoms with E-state index in [4.69, 9.17) is 0 Å². The number of imidazole rings is 1. The van der Waals surface area contributed by atoms with Gasteiger partial charge < -0.3 is 9.55 Å². The van der Waals surface area contributed by atoms with Gasteiger partial charge in [0, 0.05) is 48.0 Å². The predicted molar refractivity (Wildman–Crippen MR) is 69.5 cm³/mol. The number of nitrogens with zero attached hydrogens (tertiary/aromatic N) is 2. The van der Waals surface area contributed by atoms with Gasteiger partial charge in [-0.1, -0.05) is 18.2 Å². The molecule has 0 unspecified atom stereocenters. The second kappa shape index (κ2) is 4.49. The van der Waals surface area contributed by atoms with E-state index in [-0.39, 0.29) is 5.78 Å². The van der Waals surface area contributed by atoms with Crippen LogP contribution in [-0.4, -0.2) is 20.3 Å². The Morgan fingerprint density at radius 3 is 3.06 bits per heavy atom. The van der Waals surface area contributed by atoms with Crippen LogP contribution >= 0.6 is 0 Å². The van der Waals surface area contributed by atoms with Gasteiger partial charge in [0.1, 0.15) is 0 Å². The third-order valence-electron chi connectivity index (χ3n) is 3.05. The van der Waals surface area contributed by atoms with Crippen molar-refractivity contribution in [2.45, 2.75) is 13.0 Å². The molecular formula is C14H13N3O. The molecule has 1 N–H and O–H groups in total. The van der Waals surface area contributed by atoms with Gasteiger partial charge in [-0.05, 0) is 6.07 Å². The van der Waals surface area contributed by atoms with E-state index in [9.17, 15) is 4.79 Å². The van der Waals surface area contributed by atoms with E-state index in [1.165, 1.54) is 0 Å². The molecule has 0 bridgehead atoms. The van der Waals surface area contributed by atoms with Crippen LogP contribution in [0.1, 0.15) is 16.8 Å². The quantitative estimate of drug-likeness (QED) is 0.711. The lowest BCUT2D eigenvalue weighted by Gasteiger charge is -2.01. The first-order valence-electron chi connectivity index (χ1n) is 5.89. The highest BCUT2D eigenvalue weighted by Crippen LogP contribution is 2.19. The topological polar surface area (TPSA) is 50.7 Å². The number of fused-ring (bicyclic) bond motifs is 1. The first-order valence-corrected chi connectivity index (χ1v) is 5.89. The Morgan fingerprint density at radius 1 is 1.33 bits per heavy atom. The fraction of sp³-hybridized carbons (Fsp3) is 0.143. The van der Waals surface area contributed by atoms with Crippen molar-refractivity contribution in [3.8, 4) is 0 Å². The number of ketones is 1. The normalized spacial score (nSPS) is 10.9. The lowest BCUT2D eigenvalue weighted by molar-refractivity contribution is 0.0978. The number of aromatic nitrogens is 3. The molecule has 3 aromatic rings. The SMILES string of the molecule is O=C(CCn1ccnc1)c1c[nH]c2ccccc12. The van der Waals surface area contributed by atoms with Crippen LogP contribution < -0.4 is 0 Å². The van der Waals surface area contributed by atoms with Gasteiger partial charge in [0.15, 0.2) is 5.78 Å². The van der Waals surface area contributed by atoms with Gasteiger partial charge in [-0.3, -0.25) is 4.79 Å². The van der Waals surface area contributed by atoms with Crippen molar-refractivity contribution in [1.82, 2.24) is 14.5 Å². The molecule has 0 radical (unpaired) electrons. The average Bonchev–Trinajstić information content (AvgIpc) is 3.05. The number of Topliss-reactive ketones (excluding diaryl/α,β-unsaturated/α-hetero) is 1. The molecule has 0 spiro atoms. The van der Waals surface area contributed by atoms with Crippen LogP contribution in [0.4, 0.5) is 0 Å². The number of carbonyl (C=O) groups excluding carboxylic acids is 1. The summed E-state index contributed by atoms with van der Waals surface area (Å²) in [5.74, 6) is 0.154. The van der Waals surface area contributed by atoms with Crippen molar-refractivity contribution in [3.63, 3.8) is 0 Å². The minimum Gasteiger partial charge on any atom is -0.360 e. The molecule has 0 amide bonds. The first-order chi connectivity index (χ1) is 8.84. The predicted octanol–water partition coefficient (Wildman–Crippen LogP) is 2.64. The molecular weight excluding hydrogens is 226 g/mol. The lowest BCUT2D eigenvalue weighted by Crippen LogP contribution is -2.04. The molecule has 0 fully saturated rings. The molecule has 0 saturated carbocycles. The summed E-state index contributed by atoms with van der Waals surface area (Å²) in [6, 6.07) is 7.85. The highest BCUT2D eigenvalue weighted by molar-refractivity contribution is 6.07. The molecule has 3 rings (SSSR count). The van der Waals surface area contributed by atoms with Crippen molar-refractivity contribution in [2.75, 3.05) is 0 Å². The number of hydrogen-bond acceptors (Lipinski definition) is 2. The Morgan fingerprint density at radius 2 is 2.22 bits per heavy atom. The highest BCUT2D eigenvalue weighted by Gasteiger charge is 2.11. The van der Waals surface area contributed by atoms with E-state index in [1.54, 1.807) is 18.7 Å². The Kier molecular flexibility index (Phi) is 2.68. The molecule has 0 saturated heterocycles. The van der Waals surface area contributed by atoms with Gasteiger partial charge in [0.25, 0.3) is 0 Å². The Hall–Kier alpha value is -2.36. The Labute approximate surface area is 104 Å². The van der Waals surface area contributed by atoms with Crippen molar-refractivity contribution in [1.29, 1.82) is 0 Å². The molecule has 4 heteroatoms. The molecule has 0 aliphatic carbocycles. The number of benzene rings is 1. The van der Waals surface area contributed by atoms with Crippen molar-refractivity contribution in [3.05, 3.63) is 54.7 Å². The number of rotatable bonds is 4. The average molecular weight is 239 g/mol. The minimum atomic E-state index is 0.154. The third-order valence-corrected chi connectivity index (χ3v) is 3.05. The van der Waals surface area contributed by atoms with Gasteiger partial charge >= 0.3 is 0 Å². The third kappa shape index (κ3) is 1.93. The zero-order valence-corrected chi connectivity index (χ0v) is 9.84. The van der Waals surface area contributed by atoms with E-state index in [0.29, 0.717) is 13.0 Å². The monoisotopic (exact) mass is 239 g/mol. The minimum absolute atomic E-state index is 0.154. The molecule has 2 aromatic heterocycles. The molecule has 2 heterocycles. The van der Waals surface area contributed by atoms with Crippen LogP contribution in [0.2, 0.25) is 0 Å². The van der Waals surface area contributed by atoms with Gasteiger partial charge in [-0.2, -0.15) is 0 Å². The zero-order chi connectivity index (χ0) is 12.4. The number of H-pyrrole nitrogens is 1. The van der Waals surface area contributed by atoms with Crippen LogP contribution in [0.3, 0.4) is 0 Å².